The number of carbonyl (C=O) groups excluding carboxylic acids is 3. The SMILES string of the molecule is Cc1nc(OCC(=O)N(C)C2CCN(C(=O)C3CCCCC3)CC2)nc(C)c1NC(=O)OC(C)(C)C. The molecule has 0 unspecified atom stereocenters. The Bertz CT molecular complexity index is 924. The number of likely N-dealkylation sites (tertiary alicyclic amines) is 1. The minimum atomic E-state index is -0.621. The number of piperidine rings is 1. The van der Waals surface area contributed by atoms with Crippen LogP contribution in [0.15, 0.2) is 0 Å². The fourth-order valence-electron chi connectivity index (χ4n) is 4.85. The monoisotopic (exact) mass is 503 g/mol. The molecule has 0 spiro atoms. The third kappa shape index (κ3) is 7.54. The van der Waals surface area contributed by atoms with Crippen molar-refractivity contribution in [3.05, 3.63) is 11.4 Å². The van der Waals surface area contributed by atoms with Gasteiger partial charge in [0.05, 0.1) is 17.1 Å². The number of aryl methyl sites for hydroxylation is 2. The number of rotatable bonds is 6. The molecule has 3 rings (SSSR count). The van der Waals surface area contributed by atoms with Gasteiger partial charge in [-0.1, -0.05) is 19.3 Å². The van der Waals surface area contributed by atoms with Gasteiger partial charge in [-0.15, -0.1) is 0 Å². The van der Waals surface area contributed by atoms with Gasteiger partial charge in [-0.05, 0) is 60.3 Å². The number of likely N-dealkylation sites (N-methyl/N-ethyl adjacent to an activating group) is 1. The van der Waals surface area contributed by atoms with Gasteiger partial charge in [0.15, 0.2) is 6.61 Å². The molecule has 3 amide bonds. The first-order valence-corrected chi connectivity index (χ1v) is 13.0. The number of anilines is 1. The average molecular weight is 504 g/mol. The Morgan fingerprint density at radius 1 is 1.00 bits per heavy atom. The van der Waals surface area contributed by atoms with Gasteiger partial charge in [0.25, 0.3) is 5.91 Å². The van der Waals surface area contributed by atoms with Crippen molar-refractivity contribution in [2.75, 3.05) is 32.1 Å². The first-order chi connectivity index (χ1) is 16.9. The van der Waals surface area contributed by atoms with Gasteiger partial charge in [0.1, 0.15) is 5.60 Å². The fourth-order valence-corrected chi connectivity index (χ4v) is 4.85. The van der Waals surface area contributed by atoms with Crippen LogP contribution in [-0.4, -0.2) is 76.1 Å². The second-order valence-corrected chi connectivity index (χ2v) is 10.9. The first kappa shape index (κ1) is 27.7. The van der Waals surface area contributed by atoms with E-state index in [2.05, 4.69) is 15.3 Å². The second-order valence-electron chi connectivity index (χ2n) is 10.9. The van der Waals surface area contributed by atoms with Gasteiger partial charge in [0.2, 0.25) is 5.91 Å². The summed E-state index contributed by atoms with van der Waals surface area (Å²) in [6, 6.07) is 0.149. The molecule has 1 N–H and O–H groups in total. The van der Waals surface area contributed by atoms with E-state index in [1.54, 1.807) is 46.6 Å². The van der Waals surface area contributed by atoms with Crippen LogP contribution in [0.2, 0.25) is 0 Å². The highest BCUT2D eigenvalue weighted by Crippen LogP contribution is 2.27. The maximum absolute atomic E-state index is 12.8. The summed E-state index contributed by atoms with van der Waals surface area (Å²) in [5.74, 6) is 0.306. The maximum atomic E-state index is 12.8. The summed E-state index contributed by atoms with van der Waals surface area (Å²) >= 11 is 0. The number of ether oxygens (including phenoxy) is 2. The molecule has 0 bridgehead atoms. The zero-order chi connectivity index (χ0) is 26.5. The molecule has 36 heavy (non-hydrogen) atoms. The highest BCUT2D eigenvalue weighted by Gasteiger charge is 2.31. The van der Waals surface area contributed by atoms with Crippen LogP contribution in [0.3, 0.4) is 0 Å². The normalized spacial score (nSPS) is 17.4. The predicted molar refractivity (Wildman–Crippen MR) is 136 cm³/mol. The third-order valence-corrected chi connectivity index (χ3v) is 6.87. The van der Waals surface area contributed by atoms with E-state index in [9.17, 15) is 14.4 Å². The van der Waals surface area contributed by atoms with E-state index in [1.807, 2.05) is 4.90 Å². The summed E-state index contributed by atoms with van der Waals surface area (Å²) in [5.41, 5.74) is 0.858. The molecule has 1 aromatic rings. The lowest BCUT2D eigenvalue weighted by Crippen LogP contribution is -2.49. The lowest BCUT2D eigenvalue weighted by molar-refractivity contribution is -0.140. The standard InChI is InChI=1S/C26H41N5O5/c1-17-22(29-25(34)36-26(3,4)5)18(2)28-24(27-17)35-16-21(32)30(6)20-12-14-31(15-13-20)23(33)19-10-8-7-9-11-19/h19-20H,7-16H2,1-6H3,(H,29,34). The lowest BCUT2D eigenvalue weighted by Gasteiger charge is -2.38. The molecule has 0 atom stereocenters. The van der Waals surface area contributed by atoms with Crippen molar-refractivity contribution in [1.82, 2.24) is 19.8 Å². The van der Waals surface area contributed by atoms with E-state index in [1.165, 1.54) is 6.42 Å². The van der Waals surface area contributed by atoms with Gasteiger partial charge in [-0.2, -0.15) is 9.97 Å². The van der Waals surface area contributed by atoms with Crippen molar-refractivity contribution in [1.29, 1.82) is 0 Å². The minimum Gasteiger partial charge on any atom is -0.453 e. The van der Waals surface area contributed by atoms with Crippen molar-refractivity contribution in [3.63, 3.8) is 0 Å². The molecular formula is C26H41N5O5. The Labute approximate surface area is 214 Å². The van der Waals surface area contributed by atoms with E-state index >= 15 is 0 Å². The Morgan fingerprint density at radius 2 is 1.58 bits per heavy atom. The smallest absolute Gasteiger partial charge is 0.412 e. The van der Waals surface area contributed by atoms with E-state index in [0.717, 1.165) is 38.5 Å². The Morgan fingerprint density at radius 3 is 2.14 bits per heavy atom. The fraction of sp³-hybridized carbons (Fsp3) is 0.731. The summed E-state index contributed by atoms with van der Waals surface area (Å²) in [6.07, 6.45) is 6.49. The summed E-state index contributed by atoms with van der Waals surface area (Å²) in [4.78, 5) is 49.9. The molecule has 0 aromatic carbocycles. The summed E-state index contributed by atoms with van der Waals surface area (Å²) < 4.78 is 10.9. The molecule has 10 nitrogen and oxygen atoms in total. The molecular weight excluding hydrogens is 462 g/mol. The number of amides is 3. The van der Waals surface area contributed by atoms with Gasteiger partial charge >= 0.3 is 12.1 Å². The van der Waals surface area contributed by atoms with Crippen LogP contribution in [0, 0.1) is 19.8 Å². The predicted octanol–water partition coefficient (Wildman–Crippen LogP) is 3.85. The molecule has 10 heteroatoms. The maximum Gasteiger partial charge on any atom is 0.412 e. The molecule has 2 aliphatic rings. The Kier molecular flexibility index (Phi) is 9.13. The number of hydrogen-bond donors (Lipinski definition) is 1. The number of carbonyl (C=O) groups is 3. The van der Waals surface area contributed by atoms with Crippen LogP contribution >= 0.6 is 0 Å². The van der Waals surface area contributed by atoms with E-state index in [-0.39, 0.29) is 36.4 Å². The van der Waals surface area contributed by atoms with Crippen molar-refractivity contribution >= 4 is 23.6 Å². The highest BCUT2D eigenvalue weighted by molar-refractivity contribution is 5.86. The molecule has 1 aliphatic heterocycles. The largest absolute Gasteiger partial charge is 0.453 e. The van der Waals surface area contributed by atoms with Crippen molar-refractivity contribution < 1.29 is 23.9 Å². The zero-order valence-corrected chi connectivity index (χ0v) is 22.6. The van der Waals surface area contributed by atoms with E-state index in [4.69, 9.17) is 9.47 Å². The molecule has 1 aromatic heterocycles. The molecule has 1 saturated heterocycles. The molecule has 0 radical (unpaired) electrons. The second kappa shape index (κ2) is 11.9. The molecule has 1 aliphatic carbocycles. The number of aromatic nitrogens is 2. The van der Waals surface area contributed by atoms with Gasteiger partial charge < -0.3 is 19.3 Å². The first-order valence-electron chi connectivity index (χ1n) is 13.0. The number of hydrogen-bond acceptors (Lipinski definition) is 7. The quantitative estimate of drug-likeness (QED) is 0.627. The molecule has 2 heterocycles. The van der Waals surface area contributed by atoms with Crippen molar-refractivity contribution in [2.45, 2.75) is 91.2 Å². The molecule has 1 saturated carbocycles. The van der Waals surface area contributed by atoms with Crippen LogP contribution in [0.4, 0.5) is 10.5 Å². The number of nitrogens with zero attached hydrogens (tertiary/aromatic N) is 4. The van der Waals surface area contributed by atoms with Gasteiger partial charge in [-0.3, -0.25) is 14.9 Å². The van der Waals surface area contributed by atoms with Crippen LogP contribution < -0.4 is 10.1 Å². The van der Waals surface area contributed by atoms with Gasteiger partial charge in [0, 0.05) is 32.1 Å². The van der Waals surface area contributed by atoms with Crippen LogP contribution in [0.25, 0.3) is 0 Å². The lowest BCUT2D eigenvalue weighted by atomic mass is 9.87. The topological polar surface area (TPSA) is 114 Å². The average Bonchev–Trinajstić information content (AvgIpc) is 2.83. The van der Waals surface area contributed by atoms with Gasteiger partial charge in [-0.25, -0.2) is 4.79 Å². The van der Waals surface area contributed by atoms with Crippen LogP contribution in [0.1, 0.15) is 77.1 Å². The third-order valence-electron chi connectivity index (χ3n) is 6.87. The zero-order valence-electron chi connectivity index (χ0n) is 22.6. The Balaban J connectivity index is 1.48. The van der Waals surface area contributed by atoms with Crippen molar-refractivity contribution in [3.8, 4) is 6.01 Å². The van der Waals surface area contributed by atoms with Crippen molar-refractivity contribution in [2.24, 2.45) is 5.92 Å². The van der Waals surface area contributed by atoms with E-state index in [0.29, 0.717) is 30.2 Å². The molecule has 200 valence electrons. The summed E-state index contributed by atoms with van der Waals surface area (Å²) in [7, 11) is 1.78. The summed E-state index contributed by atoms with van der Waals surface area (Å²) in [6.45, 7) is 10.00. The highest BCUT2D eigenvalue weighted by atomic mass is 16.6. The Hall–Kier alpha value is -2.91. The van der Waals surface area contributed by atoms with E-state index < -0.39 is 11.7 Å². The molecule has 2 fully saturated rings. The van der Waals surface area contributed by atoms with Crippen LogP contribution in [0.5, 0.6) is 6.01 Å². The number of nitrogens with one attached hydrogen (secondary N) is 1. The minimum absolute atomic E-state index is 0.0706. The summed E-state index contributed by atoms with van der Waals surface area (Å²) in [5, 5.41) is 2.68. The van der Waals surface area contributed by atoms with Crippen LogP contribution in [-0.2, 0) is 14.3 Å².